The van der Waals surface area contributed by atoms with Gasteiger partial charge in [-0.1, -0.05) is 23.5 Å². The van der Waals surface area contributed by atoms with E-state index in [9.17, 15) is 18.0 Å². The minimum Gasteiger partial charge on any atom is -0.403 e. The van der Waals surface area contributed by atoms with E-state index in [1.807, 2.05) is 0 Å². The van der Waals surface area contributed by atoms with E-state index in [2.05, 4.69) is 20.0 Å². The predicted molar refractivity (Wildman–Crippen MR) is 125 cm³/mol. The number of nitrogen functional groups attached to an aromatic ring is 1. The van der Waals surface area contributed by atoms with Crippen molar-refractivity contribution in [1.82, 2.24) is 15.2 Å². The predicted octanol–water partition coefficient (Wildman–Crippen LogP) is 2.12. The van der Waals surface area contributed by atoms with Gasteiger partial charge in [0.05, 0.1) is 11.8 Å². The molecule has 0 radical (unpaired) electrons. The fourth-order valence-corrected chi connectivity index (χ4v) is 4.50. The fraction of sp³-hybridized carbons (Fsp3) is 0.381. The molecule has 34 heavy (non-hydrogen) atoms. The average Bonchev–Trinajstić information content (AvgIpc) is 3.10. The minimum absolute atomic E-state index is 0.0821. The molecule has 2 aromatic rings. The van der Waals surface area contributed by atoms with Crippen molar-refractivity contribution in [1.29, 1.82) is 0 Å². The number of nitrogens with one attached hydrogen (secondary N) is 1. The number of halogens is 3. The molecule has 2 unspecified atom stereocenters. The van der Waals surface area contributed by atoms with E-state index in [-0.39, 0.29) is 33.4 Å². The maximum atomic E-state index is 14.1. The molecule has 1 amide bonds. The number of rotatable bonds is 6. The fourth-order valence-electron chi connectivity index (χ4n) is 3.64. The number of amidine groups is 1. The molecule has 1 fully saturated rings. The third kappa shape index (κ3) is 5.85. The number of hydrogen-bond donors (Lipinski definition) is 4. The first-order valence-corrected chi connectivity index (χ1v) is 11.2. The number of carbonyl (C=O) groups is 1. The number of benzene rings is 1. The number of carbonyl (C=O) groups excluding carboxylic acids is 1. The van der Waals surface area contributed by atoms with E-state index in [4.69, 9.17) is 17.2 Å². The molecule has 0 bridgehead atoms. The summed E-state index contributed by atoms with van der Waals surface area (Å²) >= 11 is 0.980. The Morgan fingerprint density at radius 1 is 1.35 bits per heavy atom. The van der Waals surface area contributed by atoms with Gasteiger partial charge in [0.1, 0.15) is 21.7 Å². The van der Waals surface area contributed by atoms with Gasteiger partial charge in [-0.25, -0.2) is 9.37 Å². The van der Waals surface area contributed by atoms with Crippen molar-refractivity contribution in [3.8, 4) is 10.6 Å². The molecule has 0 aliphatic carbocycles. The summed E-state index contributed by atoms with van der Waals surface area (Å²) in [6.07, 6.45) is 0.960. The van der Waals surface area contributed by atoms with Crippen molar-refractivity contribution in [2.24, 2.45) is 16.5 Å². The standard InChI is InChI=1S/C21H26F3N7O2S/c1-28-18(31-8-6-13(26)15(7-9-31)33-21(23)24)14(10-25)29-19(32)16-17(27)34-20(30-16)11-4-2-3-5-12(11)22/h2-5,10,13,15,21H,6-9,25-27H2,1H3,(H,29,32)/b14-10+,28-18?. The zero-order valence-corrected chi connectivity index (χ0v) is 19.2. The Balaban J connectivity index is 1.75. The first-order valence-electron chi connectivity index (χ1n) is 10.4. The van der Waals surface area contributed by atoms with Crippen LogP contribution in [0.1, 0.15) is 23.3 Å². The van der Waals surface area contributed by atoms with Crippen LogP contribution in [0.2, 0.25) is 0 Å². The van der Waals surface area contributed by atoms with Gasteiger partial charge in [-0.3, -0.25) is 9.79 Å². The lowest BCUT2D eigenvalue weighted by atomic mass is 10.1. The highest BCUT2D eigenvalue weighted by atomic mass is 32.1. The first kappa shape index (κ1) is 25.5. The van der Waals surface area contributed by atoms with Crippen molar-refractivity contribution in [2.75, 3.05) is 25.9 Å². The van der Waals surface area contributed by atoms with Gasteiger partial charge in [-0.2, -0.15) is 8.78 Å². The van der Waals surface area contributed by atoms with Crippen LogP contribution in [0.25, 0.3) is 10.6 Å². The number of amides is 1. The average molecular weight is 498 g/mol. The molecule has 1 aromatic carbocycles. The second-order valence-corrected chi connectivity index (χ2v) is 8.49. The van der Waals surface area contributed by atoms with E-state index in [1.54, 1.807) is 17.0 Å². The van der Waals surface area contributed by atoms with E-state index < -0.39 is 30.5 Å². The molecular weight excluding hydrogens is 471 g/mol. The molecular formula is C21H26F3N7O2S. The quantitative estimate of drug-likeness (QED) is 0.353. The second-order valence-electron chi connectivity index (χ2n) is 7.46. The van der Waals surface area contributed by atoms with Crippen molar-refractivity contribution in [2.45, 2.75) is 31.6 Å². The molecule has 1 aromatic heterocycles. The van der Waals surface area contributed by atoms with Crippen LogP contribution in [0.4, 0.5) is 18.2 Å². The molecule has 7 N–H and O–H groups in total. The Morgan fingerprint density at radius 2 is 2.06 bits per heavy atom. The van der Waals surface area contributed by atoms with E-state index in [0.29, 0.717) is 25.3 Å². The molecule has 1 aliphatic rings. The number of ether oxygens (including phenoxy) is 1. The number of hydrogen-bond acceptors (Lipinski definition) is 8. The van der Waals surface area contributed by atoms with Gasteiger partial charge >= 0.3 is 6.61 Å². The topological polar surface area (TPSA) is 145 Å². The number of anilines is 1. The lowest BCUT2D eigenvalue weighted by Gasteiger charge is -2.26. The van der Waals surface area contributed by atoms with Crippen molar-refractivity contribution in [3.05, 3.63) is 47.7 Å². The van der Waals surface area contributed by atoms with Gasteiger partial charge in [0.25, 0.3) is 5.91 Å². The van der Waals surface area contributed by atoms with Crippen LogP contribution >= 0.6 is 11.3 Å². The van der Waals surface area contributed by atoms with Crippen molar-refractivity contribution in [3.63, 3.8) is 0 Å². The van der Waals surface area contributed by atoms with Gasteiger partial charge in [0, 0.05) is 37.9 Å². The third-order valence-electron chi connectivity index (χ3n) is 5.31. The number of nitrogens with zero attached hydrogens (tertiary/aromatic N) is 3. The molecule has 2 heterocycles. The third-order valence-corrected chi connectivity index (χ3v) is 6.23. The summed E-state index contributed by atoms with van der Waals surface area (Å²) in [6, 6.07) is 5.45. The Hall–Kier alpha value is -3.16. The Morgan fingerprint density at radius 3 is 2.71 bits per heavy atom. The highest BCUT2D eigenvalue weighted by Crippen LogP contribution is 2.31. The summed E-state index contributed by atoms with van der Waals surface area (Å²) in [5.41, 5.74) is 18.1. The van der Waals surface area contributed by atoms with Crippen molar-refractivity contribution >= 4 is 28.1 Å². The monoisotopic (exact) mass is 497 g/mol. The summed E-state index contributed by atoms with van der Waals surface area (Å²) in [5.74, 6) is -0.803. The van der Waals surface area contributed by atoms with E-state index in [1.165, 1.54) is 25.4 Å². The van der Waals surface area contributed by atoms with E-state index in [0.717, 1.165) is 11.3 Å². The smallest absolute Gasteiger partial charge is 0.345 e. The maximum Gasteiger partial charge on any atom is 0.345 e. The first-order chi connectivity index (χ1) is 16.2. The van der Waals surface area contributed by atoms with Gasteiger partial charge in [0.2, 0.25) is 0 Å². The van der Waals surface area contributed by atoms with Crippen LogP contribution < -0.4 is 22.5 Å². The van der Waals surface area contributed by atoms with Gasteiger partial charge < -0.3 is 32.2 Å². The lowest BCUT2D eigenvalue weighted by molar-refractivity contribution is -0.168. The molecule has 9 nitrogen and oxygen atoms in total. The highest BCUT2D eigenvalue weighted by molar-refractivity contribution is 7.19. The van der Waals surface area contributed by atoms with E-state index >= 15 is 0 Å². The molecule has 2 atom stereocenters. The van der Waals surface area contributed by atoms with Gasteiger partial charge in [-0.05, 0) is 25.0 Å². The summed E-state index contributed by atoms with van der Waals surface area (Å²) in [6.45, 7) is -2.22. The largest absolute Gasteiger partial charge is 0.403 e. The second kappa shape index (κ2) is 11.3. The van der Waals surface area contributed by atoms with Crippen LogP contribution in [0.15, 0.2) is 41.2 Å². The van der Waals surface area contributed by atoms with Crippen LogP contribution in [-0.4, -0.2) is 60.5 Å². The summed E-state index contributed by atoms with van der Waals surface area (Å²) < 4.78 is 44.1. The highest BCUT2D eigenvalue weighted by Gasteiger charge is 2.29. The molecule has 184 valence electrons. The summed E-state index contributed by atoms with van der Waals surface area (Å²) in [4.78, 5) is 23.1. The molecule has 0 saturated carbocycles. The zero-order valence-electron chi connectivity index (χ0n) is 18.4. The molecule has 1 aliphatic heterocycles. The number of aliphatic imine (C=N–C) groups is 1. The molecule has 3 rings (SSSR count). The molecule has 1 saturated heterocycles. The summed E-state index contributed by atoms with van der Waals surface area (Å²) in [7, 11) is 1.51. The number of nitrogens with two attached hydrogens (primary N) is 3. The number of thiazole rings is 1. The molecule has 0 spiro atoms. The lowest BCUT2D eigenvalue weighted by Crippen LogP contribution is -2.40. The Kier molecular flexibility index (Phi) is 8.47. The number of aromatic nitrogens is 1. The van der Waals surface area contributed by atoms with Crippen molar-refractivity contribution < 1.29 is 22.7 Å². The number of likely N-dealkylation sites (tertiary alicyclic amines) is 1. The Labute approximate surface area is 198 Å². The van der Waals surface area contributed by atoms with Crippen LogP contribution in [-0.2, 0) is 4.74 Å². The minimum atomic E-state index is -2.92. The molecule has 13 heteroatoms. The van der Waals surface area contributed by atoms with Gasteiger partial charge in [-0.15, -0.1) is 0 Å². The normalized spacial score (nSPS) is 19.9. The van der Waals surface area contributed by atoms with Crippen LogP contribution in [0, 0.1) is 5.82 Å². The number of alkyl halides is 2. The van der Waals surface area contributed by atoms with Crippen LogP contribution in [0.3, 0.4) is 0 Å². The maximum absolute atomic E-state index is 14.1. The SMILES string of the molecule is CN=C(/C(=C\N)NC(=O)c1nc(-c2ccccc2F)sc1N)N1CCC(N)C(OC(F)F)CC1. The van der Waals surface area contributed by atoms with Crippen LogP contribution in [0.5, 0.6) is 0 Å². The van der Waals surface area contributed by atoms with Gasteiger partial charge in [0.15, 0.2) is 5.69 Å². The Bertz CT molecular complexity index is 1080. The zero-order chi connectivity index (χ0) is 24.8. The summed E-state index contributed by atoms with van der Waals surface area (Å²) in [5, 5.41) is 3.00.